The molecule has 1 nitrogen and oxygen atoms in total. The molecule has 1 aromatic rings. The van der Waals surface area contributed by atoms with E-state index in [9.17, 15) is 9.18 Å². The standard InChI is InChI=1S/C8H7FO.C8H18/c1-6(10)7-3-2-4-8(9)5-7;1-4-7-8(5-2)6-3/h2-5H,1H3;8H,4-7H2,1-3H3. The molecule has 0 spiro atoms. The minimum Gasteiger partial charge on any atom is -0.295 e. The molecule has 0 aliphatic rings. The SMILES string of the molecule is CC(=O)c1cccc(F)c1.CCCC(CC)CC. The van der Waals surface area contributed by atoms with Gasteiger partial charge in [-0.25, -0.2) is 4.39 Å². The molecule has 1 rings (SSSR count). The summed E-state index contributed by atoms with van der Waals surface area (Å²) in [4.78, 5) is 10.6. The zero-order valence-corrected chi connectivity index (χ0v) is 12.0. The van der Waals surface area contributed by atoms with Crippen LogP contribution in [0.15, 0.2) is 24.3 Å². The van der Waals surface area contributed by atoms with Gasteiger partial charge in [0, 0.05) is 5.56 Å². The Kier molecular flexibility index (Phi) is 9.17. The van der Waals surface area contributed by atoms with Gasteiger partial charge in [0.15, 0.2) is 5.78 Å². The number of carbonyl (C=O) groups excluding carboxylic acids is 1. The summed E-state index contributed by atoms with van der Waals surface area (Å²) in [5.41, 5.74) is 0.417. The highest BCUT2D eigenvalue weighted by molar-refractivity contribution is 5.93. The van der Waals surface area contributed by atoms with Crippen molar-refractivity contribution in [2.75, 3.05) is 0 Å². The molecule has 0 heterocycles. The van der Waals surface area contributed by atoms with E-state index in [0.717, 1.165) is 5.92 Å². The van der Waals surface area contributed by atoms with Crippen LogP contribution in [0.5, 0.6) is 0 Å². The normalized spacial score (nSPS) is 9.89. The second-order valence-corrected chi connectivity index (χ2v) is 4.54. The van der Waals surface area contributed by atoms with Crippen LogP contribution in [0.1, 0.15) is 63.7 Å². The fourth-order valence-corrected chi connectivity index (χ4v) is 1.81. The third-order valence-electron chi connectivity index (χ3n) is 3.08. The molecule has 0 N–H and O–H groups in total. The number of Topliss-reactive ketones (excluding diaryl/α,β-unsaturated/α-hetero) is 1. The minimum absolute atomic E-state index is 0.112. The smallest absolute Gasteiger partial charge is 0.159 e. The van der Waals surface area contributed by atoms with Crippen LogP contribution in [0.4, 0.5) is 4.39 Å². The van der Waals surface area contributed by atoms with Gasteiger partial charge in [0.2, 0.25) is 0 Å². The average Bonchev–Trinajstić information content (AvgIpc) is 2.36. The van der Waals surface area contributed by atoms with E-state index < -0.39 is 0 Å². The number of carbonyl (C=O) groups is 1. The first kappa shape index (κ1) is 16.8. The van der Waals surface area contributed by atoms with Crippen molar-refractivity contribution >= 4 is 5.78 Å². The van der Waals surface area contributed by atoms with Crippen molar-refractivity contribution < 1.29 is 9.18 Å². The highest BCUT2D eigenvalue weighted by Gasteiger charge is 1.99. The lowest BCUT2D eigenvalue weighted by Crippen LogP contribution is -1.94. The van der Waals surface area contributed by atoms with E-state index in [0.29, 0.717) is 5.56 Å². The number of halogens is 1. The summed E-state index contributed by atoms with van der Waals surface area (Å²) in [5.74, 6) is 0.521. The summed E-state index contributed by atoms with van der Waals surface area (Å²) >= 11 is 0. The van der Waals surface area contributed by atoms with Crippen molar-refractivity contribution in [1.29, 1.82) is 0 Å². The van der Waals surface area contributed by atoms with Crippen LogP contribution in [-0.2, 0) is 0 Å². The first-order chi connectivity index (χ1) is 8.54. The first-order valence-corrected chi connectivity index (χ1v) is 6.81. The Morgan fingerprint density at radius 2 is 1.83 bits per heavy atom. The molecule has 0 aliphatic heterocycles. The molecule has 0 fully saturated rings. The summed E-state index contributed by atoms with van der Waals surface area (Å²) in [5, 5.41) is 0. The molecule has 2 heteroatoms. The summed E-state index contributed by atoms with van der Waals surface area (Å²) in [6.45, 7) is 8.24. The number of rotatable bonds is 5. The van der Waals surface area contributed by atoms with E-state index in [1.165, 1.54) is 50.8 Å². The van der Waals surface area contributed by atoms with Crippen LogP contribution in [0, 0.1) is 11.7 Å². The van der Waals surface area contributed by atoms with Gasteiger partial charge in [0.1, 0.15) is 5.82 Å². The highest BCUT2D eigenvalue weighted by Crippen LogP contribution is 2.13. The van der Waals surface area contributed by atoms with Crippen molar-refractivity contribution in [3.05, 3.63) is 35.6 Å². The Morgan fingerprint density at radius 3 is 2.11 bits per heavy atom. The quantitative estimate of drug-likeness (QED) is 0.654. The largest absolute Gasteiger partial charge is 0.295 e. The van der Waals surface area contributed by atoms with Crippen molar-refractivity contribution in [2.24, 2.45) is 5.92 Å². The molecule has 0 saturated carbocycles. The van der Waals surface area contributed by atoms with E-state index in [-0.39, 0.29) is 11.6 Å². The van der Waals surface area contributed by atoms with Crippen LogP contribution in [0.25, 0.3) is 0 Å². The summed E-state index contributed by atoms with van der Waals surface area (Å²) in [6, 6.07) is 5.65. The van der Waals surface area contributed by atoms with E-state index >= 15 is 0 Å². The van der Waals surface area contributed by atoms with Gasteiger partial charge in [0.25, 0.3) is 0 Å². The molecule has 0 saturated heterocycles. The third-order valence-corrected chi connectivity index (χ3v) is 3.08. The summed E-state index contributed by atoms with van der Waals surface area (Å²) < 4.78 is 12.4. The maximum absolute atomic E-state index is 12.4. The molecule has 0 aromatic heterocycles. The molecule has 1 aromatic carbocycles. The Hall–Kier alpha value is -1.18. The van der Waals surface area contributed by atoms with E-state index in [4.69, 9.17) is 0 Å². The first-order valence-electron chi connectivity index (χ1n) is 6.81. The van der Waals surface area contributed by atoms with Crippen LogP contribution >= 0.6 is 0 Å². The zero-order valence-electron chi connectivity index (χ0n) is 12.0. The van der Waals surface area contributed by atoms with Crippen molar-refractivity contribution in [2.45, 2.75) is 53.4 Å². The maximum atomic E-state index is 12.4. The Morgan fingerprint density at radius 1 is 1.22 bits per heavy atom. The fourth-order valence-electron chi connectivity index (χ4n) is 1.81. The molecule has 0 radical (unpaired) electrons. The molecule has 102 valence electrons. The number of benzene rings is 1. The number of hydrogen-bond donors (Lipinski definition) is 0. The Bertz CT molecular complexity index is 343. The second-order valence-electron chi connectivity index (χ2n) is 4.54. The lowest BCUT2D eigenvalue weighted by molar-refractivity contribution is 0.101. The molecular formula is C16H25FO. The Balaban J connectivity index is 0.000000331. The molecular weight excluding hydrogens is 227 g/mol. The monoisotopic (exact) mass is 252 g/mol. The van der Waals surface area contributed by atoms with Crippen molar-refractivity contribution in [1.82, 2.24) is 0 Å². The molecule has 0 aliphatic carbocycles. The van der Waals surface area contributed by atoms with Gasteiger partial charge >= 0.3 is 0 Å². The minimum atomic E-state index is -0.368. The van der Waals surface area contributed by atoms with Gasteiger partial charge in [0.05, 0.1) is 0 Å². The van der Waals surface area contributed by atoms with Crippen molar-refractivity contribution in [3.63, 3.8) is 0 Å². The average molecular weight is 252 g/mol. The predicted octanol–water partition coefficient (Wildman–Crippen LogP) is 5.25. The fraction of sp³-hybridized carbons (Fsp3) is 0.562. The number of hydrogen-bond acceptors (Lipinski definition) is 1. The second kappa shape index (κ2) is 9.81. The van der Waals surface area contributed by atoms with E-state index in [1.807, 2.05) is 0 Å². The molecule has 18 heavy (non-hydrogen) atoms. The van der Waals surface area contributed by atoms with Gasteiger partial charge < -0.3 is 0 Å². The van der Waals surface area contributed by atoms with E-state index in [2.05, 4.69) is 20.8 Å². The highest BCUT2D eigenvalue weighted by atomic mass is 19.1. The summed E-state index contributed by atoms with van der Waals surface area (Å²) in [7, 11) is 0. The van der Waals surface area contributed by atoms with Crippen LogP contribution in [-0.4, -0.2) is 5.78 Å². The van der Waals surface area contributed by atoms with Crippen LogP contribution < -0.4 is 0 Å². The maximum Gasteiger partial charge on any atom is 0.159 e. The van der Waals surface area contributed by atoms with Gasteiger partial charge in [-0.2, -0.15) is 0 Å². The van der Waals surface area contributed by atoms with Gasteiger partial charge in [-0.1, -0.05) is 58.6 Å². The third kappa shape index (κ3) is 7.21. The molecule has 0 bridgehead atoms. The zero-order chi connectivity index (χ0) is 14.0. The van der Waals surface area contributed by atoms with Gasteiger partial charge in [-0.05, 0) is 25.0 Å². The topological polar surface area (TPSA) is 17.1 Å². The van der Waals surface area contributed by atoms with E-state index in [1.54, 1.807) is 6.07 Å². The predicted molar refractivity (Wildman–Crippen MR) is 75.4 cm³/mol. The van der Waals surface area contributed by atoms with Gasteiger partial charge in [-0.3, -0.25) is 4.79 Å². The molecule has 0 atom stereocenters. The molecule has 0 unspecified atom stereocenters. The lowest BCUT2D eigenvalue weighted by Gasteiger charge is -2.08. The number of ketones is 1. The van der Waals surface area contributed by atoms with Gasteiger partial charge in [-0.15, -0.1) is 0 Å². The van der Waals surface area contributed by atoms with Crippen LogP contribution in [0.3, 0.4) is 0 Å². The molecule has 0 amide bonds. The summed E-state index contributed by atoms with van der Waals surface area (Å²) in [6.07, 6.45) is 5.51. The lowest BCUT2D eigenvalue weighted by atomic mass is 9.98. The Labute approximate surface area is 110 Å². The van der Waals surface area contributed by atoms with Crippen LogP contribution in [0.2, 0.25) is 0 Å². The van der Waals surface area contributed by atoms with Crippen molar-refractivity contribution in [3.8, 4) is 0 Å².